The van der Waals surface area contributed by atoms with Crippen LogP contribution in [0.5, 0.6) is 0 Å². The van der Waals surface area contributed by atoms with Crippen LogP contribution in [-0.2, 0) is 15.1 Å². The summed E-state index contributed by atoms with van der Waals surface area (Å²) in [5.74, 6) is -0.0860. The van der Waals surface area contributed by atoms with Crippen molar-refractivity contribution in [1.29, 1.82) is 0 Å². The number of nitrogens with zero attached hydrogens (tertiary/aromatic N) is 2. The van der Waals surface area contributed by atoms with Gasteiger partial charge >= 0.3 is 0 Å². The van der Waals surface area contributed by atoms with Crippen molar-refractivity contribution in [3.05, 3.63) is 18.5 Å². The zero-order chi connectivity index (χ0) is 16.7. The molecule has 1 aromatic heterocycles. The second kappa shape index (κ2) is 9.64. The summed E-state index contributed by atoms with van der Waals surface area (Å²) in [6, 6.07) is 1.99. The monoisotopic (exact) mass is 357 g/mol. The zero-order valence-electron chi connectivity index (χ0n) is 14.4. The molecule has 1 aromatic rings. The molecule has 8 heteroatoms. The molecule has 1 saturated heterocycles. The van der Waals surface area contributed by atoms with Gasteiger partial charge in [-0.25, -0.2) is 0 Å². The molecule has 1 aliphatic heterocycles. The van der Waals surface area contributed by atoms with Gasteiger partial charge in [-0.1, -0.05) is 6.92 Å². The second-order valence-corrected chi connectivity index (χ2v) is 6.11. The molecule has 0 bridgehead atoms. The van der Waals surface area contributed by atoms with Crippen molar-refractivity contribution >= 4 is 24.2 Å². The molecule has 24 heavy (non-hydrogen) atoms. The number of halogens is 1. The highest BCUT2D eigenvalue weighted by Crippen LogP contribution is 2.27. The van der Waals surface area contributed by atoms with E-state index in [4.69, 9.17) is 0 Å². The van der Waals surface area contributed by atoms with Crippen molar-refractivity contribution < 1.29 is 9.59 Å². The Balaban J connectivity index is 0.00000288. The van der Waals surface area contributed by atoms with Crippen molar-refractivity contribution in [3.8, 4) is 0 Å². The Morgan fingerprint density at radius 3 is 2.67 bits per heavy atom. The van der Waals surface area contributed by atoms with Crippen LogP contribution in [0.1, 0.15) is 39.5 Å². The minimum atomic E-state index is -0.651. The van der Waals surface area contributed by atoms with Crippen LogP contribution in [0.3, 0.4) is 0 Å². The van der Waals surface area contributed by atoms with Gasteiger partial charge in [-0.15, -0.1) is 12.4 Å². The van der Waals surface area contributed by atoms with E-state index in [0.29, 0.717) is 25.8 Å². The van der Waals surface area contributed by atoms with Crippen molar-refractivity contribution in [3.63, 3.8) is 0 Å². The molecular weight excluding hydrogens is 330 g/mol. The fourth-order valence-electron chi connectivity index (χ4n) is 2.83. The molecule has 1 aliphatic rings. The molecular formula is C16H28ClN5O2. The van der Waals surface area contributed by atoms with Gasteiger partial charge in [0.05, 0.1) is 0 Å². The van der Waals surface area contributed by atoms with Crippen LogP contribution in [0.4, 0.5) is 0 Å². The summed E-state index contributed by atoms with van der Waals surface area (Å²) in [4.78, 5) is 24.5. The van der Waals surface area contributed by atoms with E-state index < -0.39 is 5.54 Å². The molecule has 0 radical (unpaired) electrons. The predicted octanol–water partition coefficient (Wildman–Crippen LogP) is 0.805. The molecule has 2 rings (SSSR count). The Hall–Kier alpha value is -1.60. The van der Waals surface area contributed by atoms with Gasteiger partial charge in [0.2, 0.25) is 11.8 Å². The van der Waals surface area contributed by atoms with E-state index in [1.807, 2.05) is 26.1 Å². The van der Waals surface area contributed by atoms with Crippen molar-refractivity contribution in [2.45, 2.75) is 51.1 Å². The van der Waals surface area contributed by atoms with Crippen LogP contribution in [-0.4, -0.2) is 47.3 Å². The van der Waals surface area contributed by atoms with Gasteiger partial charge in [0, 0.05) is 31.4 Å². The van der Waals surface area contributed by atoms with E-state index in [9.17, 15) is 9.59 Å². The minimum absolute atomic E-state index is 0. The lowest BCUT2D eigenvalue weighted by atomic mass is 9.87. The van der Waals surface area contributed by atoms with Crippen LogP contribution >= 0.6 is 12.4 Å². The highest BCUT2D eigenvalue weighted by molar-refractivity contribution is 5.85. The highest BCUT2D eigenvalue weighted by atomic mass is 35.5. The first-order valence-electron chi connectivity index (χ1n) is 8.37. The van der Waals surface area contributed by atoms with Gasteiger partial charge in [0.25, 0.3) is 0 Å². The van der Waals surface area contributed by atoms with E-state index in [1.165, 1.54) is 0 Å². The highest BCUT2D eigenvalue weighted by Gasteiger charge is 2.41. The van der Waals surface area contributed by atoms with Crippen LogP contribution in [0.25, 0.3) is 0 Å². The Morgan fingerprint density at radius 2 is 2.08 bits per heavy atom. The van der Waals surface area contributed by atoms with Gasteiger partial charge in [-0.2, -0.15) is 5.10 Å². The summed E-state index contributed by atoms with van der Waals surface area (Å²) in [5, 5.41) is 13.4. The minimum Gasteiger partial charge on any atom is -0.354 e. The quantitative estimate of drug-likeness (QED) is 0.673. The van der Waals surface area contributed by atoms with E-state index in [-0.39, 0.29) is 30.3 Å². The normalized spacial score (nSPS) is 17.4. The second-order valence-electron chi connectivity index (χ2n) is 6.11. The smallest absolute Gasteiger partial charge is 0.248 e. The number of nitrogens with one attached hydrogen (secondary N) is 3. The molecule has 136 valence electrons. The number of amides is 2. The number of carbonyl (C=O) groups is 2. The Bertz CT molecular complexity index is 515. The topological polar surface area (TPSA) is 88.1 Å². The maximum atomic E-state index is 12.7. The van der Waals surface area contributed by atoms with Crippen LogP contribution in [0.15, 0.2) is 18.5 Å². The van der Waals surface area contributed by atoms with Gasteiger partial charge in [0.1, 0.15) is 5.54 Å². The van der Waals surface area contributed by atoms with E-state index >= 15 is 0 Å². The standard InChI is InChI=1S/C16H27N5O2.ClH/c1-3-13(2)20-14(22)5-9-18-15(23)16(6-10-17-11-7-16)21-12-4-8-19-21;/h4,8,12-13,17H,3,5-7,9-11H2,1-2H3,(H,18,23)(H,20,22);1H. The summed E-state index contributed by atoms with van der Waals surface area (Å²) in [5.41, 5.74) is -0.651. The van der Waals surface area contributed by atoms with Crippen LogP contribution < -0.4 is 16.0 Å². The first-order chi connectivity index (χ1) is 11.1. The SMILES string of the molecule is CCC(C)NC(=O)CCNC(=O)C1(n2cccn2)CCNCC1.Cl. The first-order valence-corrected chi connectivity index (χ1v) is 8.37. The Kier molecular flexibility index (Phi) is 8.21. The number of piperidine rings is 1. The zero-order valence-corrected chi connectivity index (χ0v) is 15.2. The lowest BCUT2D eigenvalue weighted by Crippen LogP contribution is -2.55. The molecule has 1 unspecified atom stereocenters. The summed E-state index contributed by atoms with van der Waals surface area (Å²) < 4.78 is 1.75. The fourth-order valence-corrected chi connectivity index (χ4v) is 2.83. The summed E-state index contributed by atoms with van der Waals surface area (Å²) >= 11 is 0. The summed E-state index contributed by atoms with van der Waals surface area (Å²) in [6.07, 6.45) is 6.10. The Morgan fingerprint density at radius 1 is 1.38 bits per heavy atom. The van der Waals surface area contributed by atoms with Crippen molar-refractivity contribution in [2.24, 2.45) is 0 Å². The number of carbonyl (C=O) groups excluding carboxylic acids is 2. The first kappa shape index (κ1) is 20.4. The average Bonchev–Trinajstić information content (AvgIpc) is 3.10. The molecule has 0 aromatic carbocycles. The van der Waals surface area contributed by atoms with Gasteiger partial charge in [-0.05, 0) is 45.3 Å². The van der Waals surface area contributed by atoms with E-state index in [0.717, 1.165) is 19.5 Å². The molecule has 2 heterocycles. The average molecular weight is 358 g/mol. The molecule has 3 N–H and O–H groups in total. The van der Waals surface area contributed by atoms with Gasteiger partial charge < -0.3 is 16.0 Å². The van der Waals surface area contributed by atoms with E-state index in [1.54, 1.807) is 10.9 Å². The number of hydrogen-bond donors (Lipinski definition) is 3. The summed E-state index contributed by atoms with van der Waals surface area (Å²) in [6.45, 7) is 5.90. The summed E-state index contributed by atoms with van der Waals surface area (Å²) in [7, 11) is 0. The predicted molar refractivity (Wildman–Crippen MR) is 95.1 cm³/mol. The molecule has 0 saturated carbocycles. The van der Waals surface area contributed by atoms with Crippen LogP contribution in [0, 0.1) is 0 Å². The van der Waals surface area contributed by atoms with E-state index in [2.05, 4.69) is 21.0 Å². The number of rotatable bonds is 7. The number of aromatic nitrogens is 2. The van der Waals surface area contributed by atoms with Gasteiger partial charge in [-0.3, -0.25) is 14.3 Å². The molecule has 0 spiro atoms. The third-order valence-electron chi connectivity index (χ3n) is 4.45. The maximum absolute atomic E-state index is 12.7. The molecule has 1 atom stereocenters. The van der Waals surface area contributed by atoms with Crippen molar-refractivity contribution in [1.82, 2.24) is 25.7 Å². The lowest BCUT2D eigenvalue weighted by molar-refractivity contribution is -0.132. The third kappa shape index (κ3) is 4.95. The lowest BCUT2D eigenvalue weighted by Gasteiger charge is -2.36. The Labute approximate surface area is 149 Å². The third-order valence-corrected chi connectivity index (χ3v) is 4.45. The maximum Gasteiger partial charge on any atom is 0.248 e. The van der Waals surface area contributed by atoms with Crippen molar-refractivity contribution in [2.75, 3.05) is 19.6 Å². The van der Waals surface area contributed by atoms with Gasteiger partial charge in [0.15, 0.2) is 0 Å². The fraction of sp³-hybridized carbons (Fsp3) is 0.688. The molecule has 7 nitrogen and oxygen atoms in total. The van der Waals surface area contributed by atoms with Crippen LogP contribution in [0.2, 0.25) is 0 Å². The largest absolute Gasteiger partial charge is 0.354 e. The molecule has 2 amide bonds. The molecule has 1 fully saturated rings. The molecule has 0 aliphatic carbocycles. The number of hydrogen-bond acceptors (Lipinski definition) is 4.